The average Bonchev–Trinajstić information content (AvgIpc) is 2.40. The fourth-order valence-electron chi connectivity index (χ4n) is 2.54. The van der Waals surface area contributed by atoms with Crippen LogP contribution in [0.5, 0.6) is 0 Å². The first-order valence-electron chi connectivity index (χ1n) is 7.05. The number of hydrogen-bond donors (Lipinski definition) is 1. The molecule has 0 unspecified atom stereocenters. The maximum Gasteiger partial charge on any atom is 0.0412 e. The summed E-state index contributed by atoms with van der Waals surface area (Å²) >= 11 is 3.58. The van der Waals surface area contributed by atoms with Gasteiger partial charge in [0.15, 0.2) is 0 Å². The van der Waals surface area contributed by atoms with E-state index in [1.807, 2.05) is 0 Å². The lowest BCUT2D eigenvalue weighted by atomic mass is 10.1. The Balaban J connectivity index is 2.11. The molecule has 2 nitrogen and oxygen atoms in total. The highest BCUT2D eigenvalue weighted by molar-refractivity contribution is 9.10. The number of rotatable bonds is 5. The Labute approximate surface area is 119 Å². The minimum absolute atomic E-state index is 0.971. The first-order chi connectivity index (χ1) is 8.81. The minimum Gasteiger partial charge on any atom is -0.371 e. The molecule has 100 valence electrons. The molecule has 0 aromatic heterocycles. The van der Waals surface area contributed by atoms with Crippen molar-refractivity contribution < 1.29 is 0 Å². The van der Waals surface area contributed by atoms with E-state index in [2.05, 4.69) is 51.3 Å². The Hall–Kier alpha value is -0.540. The molecule has 1 saturated heterocycles. The smallest absolute Gasteiger partial charge is 0.0412 e. The largest absolute Gasteiger partial charge is 0.371 e. The Morgan fingerprint density at radius 3 is 2.72 bits per heavy atom. The predicted octanol–water partition coefficient (Wildman–Crippen LogP) is 3.94. The molecule has 0 atom stereocenters. The van der Waals surface area contributed by atoms with Crippen LogP contribution in [-0.2, 0) is 6.54 Å². The summed E-state index contributed by atoms with van der Waals surface area (Å²) in [6, 6.07) is 6.68. The Bertz CT molecular complexity index is 373. The number of hydrogen-bond acceptors (Lipinski definition) is 2. The molecule has 2 rings (SSSR count). The van der Waals surface area contributed by atoms with Crippen LogP contribution < -0.4 is 10.2 Å². The highest BCUT2D eigenvalue weighted by atomic mass is 79.9. The third kappa shape index (κ3) is 3.72. The number of halogens is 1. The van der Waals surface area contributed by atoms with Crippen LogP contribution in [-0.4, -0.2) is 19.6 Å². The molecular weight excluding hydrogens is 288 g/mol. The number of nitrogens with zero attached hydrogens (tertiary/aromatic N) is 1. The van der Waals surface area contributed by atoms with Crippen LogP contribution in [0.15, 0.2) is 22.7 Å². The molecule has 3 heteroatoms. The van der Waals surface area contributed by atoms with Crippen LogP contribution in [0, 0.1) is 0 Å². The second kappa shape index (κ2) is 7.15. The normalized spacial score (nSPS) is 16.0. The first kappa shape index (κ1) is 13.9. The highest BCUT2D eigenvalue weighted by Crippen LogP contribution is 2.27. The van der Waals surface area contributed by atoms with E-state index in [4.69, 9.17) is 0 Å². The molecule has 1 aromatic carbocycles. The Kier molecular flexibility index (Phi) is 5.51. The van der Waals surface area contributed by atoms with E-state index in [9.17, 15) is 0 Å². The molecular formula is C15H23BrN2. The highest BCUT2D eigenvalue weighted by Gasteiger charge is 2.14. The van der Waals surface area contributed by atoms with Crippen molar-refractivity contribution in [2.75, 3.05) is 24.5 Å². The summed E-state index contributed by atoms with van der Waals surface area (Å²) in [5, 5.41) is 3.51. The summed E-state index contributed by atoms with van der Waals surface area (Å²) in [5.74, 6) is 0. The lowest BCUT2D eigenvalue weighted by Crippen LogP contribution is -2.30. The van der Waals surface area contributed by atoms with Crippen LogP contribution in [0.1, 0.15) is 38.2 Å². The molecule has 0 amide bonds. The van der Waals surface area contributed by atoms with Crippen molar-refractivity contribution in [3.63, 3.8) is 0 Å². The van der Waals surface area contributed by atoms with Crippen molar-refractivity contribution in [2.45, 2.75) is 39.2 Å². The Morgan fingerprint density at radius 2 is 2.00 bits per heavy atom. The zero-order chi connectivity index (χ0) is 12.8. The fourth-order valence-corrected chi connectivity index (χ4v) is 2.95. The lowest BCUT2D eigenvalue weighted by molar-refractivity contribution is 0.574. The van der Waals surface area contributed by atoms with Gasteiger partial charge in [-0.25, -0.2) is 0 Å². The molecule has 1 heterocycles. The number of benzene rings is 1. The van der Waals surface area contributed by atoms with E-state index < -0.39 is 0 Å². The van der Waals surface area contributed by atoms with E-state index >= 15 is 0 Å². The van der Waals surface area contributed by atoms with Crippen LogP contribution in [0.2, 0.25) is 0 Å². The van der Waals surface area contributed by atoms with Gasteiger partial charge in [-0.3, -0.25) is 0 Å². The molecule has 1 N–H and O–H groups in total. The monoisotopic (exact) mass is 310 g/mol. The van der Waals surface area contributed by atoms with E-state index in [0.717, 1.165) is 13.1 Å². The predicted molar refractivity (Wildman–Crippen MR) is 82.2 cm³/mol. The topological polar surface area (TPSA) is 15.3 Å². The quantitative estimate of drug-likeness (QED) is 0.829. The van der Waals surface area contributed by atoms with Gasteiger partial charge in [-0.1, -0.05) is 22.9 Å². The van der Waals surface area contributed by atoms with Crippen molar-refractivity contribution in [3.8, 4) is 0 Å². The van der Waals surface area contributed by atoms with Gasteiger partial charge >= 0.3 is 0 Å². The van der Waals surface area contributed by atoms with Crippen molar-refractivity contribution in [2.24, 2.45) is 0 Å². The second-order valence-electron chi connectivity index (χ2n) is 5.00. The maximum absolute atomic E-state index is 3.58. The molecule has 1 aromatic rings. The molecule has 0 aliphatic carbocycles. The van der Waals surface area contributed by atoms with Gasteiger partial charge in [-0.05, 0) is 56.0 Å². The number of piperidine rings is 1. The summed E-state index contributed by atoms with van der Waals surface area (Å²) in [6.07, 6.45) is 5.24. The van der Waals surface area contributed by atoms with E-state index in [1.165, 1.54) is 54.5 Å². The third-order valence-electron chi connectivity index (χ3n) is 3.48. The molecule has 0 spiro atoms. The standard InChI is InChI=1S/C15H23BrN2/c1-2-8-17-12-13-11-14(16)6-7-15(13)18-9-4-3-5-10-18/h6-7,11,17H,2-5,8-10,12H2,1H3. The summed E-state index contributed by atoms with van der Waals surface area (Å²) < 4.78 is 1.18. The zero-order valence-corrected chi connectivity index (χ0v) is 12.8. The van der Waals surface area contributed by atoms with Crippen molar-refractivity contribution >= 4 is 21.6 Å². The third-order valence-corrected chi connectivity index (χ3v) is 3.97. The van der Waals surface area contributed by atoms with Crippen molar-refractivity contribution in [1.29, 1.82) is 0 Å². The lowest BCUT2D eigenvalue weighted by Gasteiger charge is -2.31. The van der Waals surface area contributed by atoms with E-state index in [-0.39, 0.29) is 0 Å². The molecule has 0 bridgehead atoms. The Morgan fingerprint density at radius 1 is 1.22 bits per heavy atom. The van der Waals surface area contributed by atoms with Crippen molar-refractivity contribution in [3.05, 3.63) is 28.2 Å². The average molecular weight is 311 g/mol. The van der Waals surface area contributed by atoms with Gasteiger partial charge in [0.05, 0.1) is 0 Å². The van der Waals surface area contributed by atoms with Crippen LogP contribution in [0.3, 0.4) is 0 Å². The van der Waals surface area contributed by atoms with E-state index in [0.29, 0.717) is 0 Å². The molecule has 1 aliphatic heterocycles. The zero-order valence-electron chi connectivity index (χ0n) is 11.2. The number of nitrogens with one attached hydrogen (secondary N) is 1. The maximum atomic E-state index is 3.58. The van der Waals surface area contributed by atoms with Crippen LogP contribution in [0.25, 0.3) is 0 Å². The molecule has 0 radical (unpaired) electrons. The number of anilines is 1. The molecule has 1 fully saturated rings. The SMILES string of the molecule is CCCNCc1cc(Br)ccc1N1CCCCC1. The summed E-state index contributed by atoms with van der Waals surface area (Å²) in [4.78, 5) is 2.54. The van der Waals surface area contributed by atoms with Gasteiger partial charge in [-0.15, -0.1) is 0 Å². The second-order valence-corrected chi connectivity index (χ2v) is 5.91. The van der Waals surface area contributed by atoms with Crippen LogP contribution in [0.4, 0.5) is 5.69 Å². The summed E-state index contributed by atoms with van der Waals surface area (Å²) in [5.41, 5.74) is 2.83. The van der Waals surface area contributed by atoms with Gasteiger partial charge in [0.1, 0.15) is 0 Å². The summed E-state index contributed by atoms with van der Waals surface area (Å²) in [7, 11) is 0. The van der Waals surface area contributed by atoms with Crippen LogP contribution >= 0.6 is 15.9 Å². The fraction of sp³-hybridized carbons (Fsp3) is 0.600. The van der Waals surface area contributed by atoms with Gasteiger partial charge in [0.25, 0.3) is 0 Å². The molecule has 18 heavy (non-hydrogen) atoms. The first-order valence-corrected chi connectivity index (χ1v) is 7.84. The molecule has 1 aliphatic rings. The van der Waals surface area contributed by atoms with Gasteiger partial charge < -0.3 is 10.2 Å². The van der Waals surface area contributed by atoms with Gasteiger partial charge in [0.2, 0.25) is 0 Å². The summed E-state index contributed by atoms with van der Waals surface area (Å²) in [6.45, 7) is 6.69. The van der Waals surface area contributed by atoms with Gasteiger partial charge in [-0.2, -0.15) is 0 Å². The molecule has 0 saturated carbocycles. The minimum atomic E-state index is 0.971. The van der Waals surface area contributed by atoms with E-state index in [1.54, 1.807) is 0 Å². The van der Waals surface area contributed by atoms with Gasteiger partial charge in [0, 0.05) is 29.8 Å². The van der Waals surface area contributed by atoms with Crippen molar-refractivity contribution in [1.82, 2.24) is 5.32 Å².